The second kappa shape index (κ2) is 19.3. The molecule has 0 aliphatic carbocycles. The van der Waals surface area contributed by atoms with Gasteiger partial charge in [-0.25, -0.2) is 18.7 Å². The van der Waals surface area contributed by atoms with Crippen LogP contribution < -0.4 is 9.47 Å². The lowest BCUT2D eigenvalue weighted by molar-refractivity contribution is -0.131. The third-order valence-electron chi connectivity index (χ3n) is 11.5. The molecular weight excluding hydrogens is 787 g/mol. The highest BCUT2D eigenvalue weighted by Crippen LogP contribution is 2.33. The van der Waals surface area contributed by atoms with Crippen LogP contribution in [0.2, 0.25) is 0 Å². The highest BCUT2D eigenvalue weighted by Gasteiger charge is 2.29. The van der Waals surface area contributed by atoms with E-state index in [1.165, 1.54) is 24.3 Å². The molecule has 0 N–H and O–H groups in total. The standard InChI is InChI=1S/2C25H26FN3O2/c2*1-17-15-28(16-27-17)23-11-6-19(14-24(23)31-3)13-21-5-4-12-29(25(21)30)18(2)20-7-9-22(26)10-8-20/h2*6-11,13-16,18H,4-5,12H2,1-3H3/b2*21-13+/t2*18-/m00/s1. The maximum atomic E-state index is 13.3. The van der Waals surface area contributed by atoms with Crippen molar-refractivity contribution in [2.75, 3.05) is 27.3 Å². The molecule has 0 radical (unpaired) electrons. The summed E-state index contributed by atoms with van der Waals surface area (Å²) in [5, 5.41) is 0. The van der Waals surface area contributed by atoms with Crippen LogP contribution in [0.4, 0.5) is 8.78 Å². The third-order valence-corrected chi connectivity index (χ3v) is 11.5. The number of amides is 2. The van der Waals surface area contributed by atoms with Gasteiger partial charge >= 0.3 is 0 Å². The average Bonchev–Trinajstić information content (AvgIpc) is 3.92. The number of imidazole rings is 2. The highest BCUT2D eigenvalue weighted by molar-refractivity contribution is 5.99. The lowest BCUT2D eigenvalue weighted by Gasteiger charge is -2.34. The monoisotopic (exact) mass is 838 g/mol. The van der Waals surface area contributed by atoms with Gasteiger partial charge in [-0.1, -0.05) is 36.4 Å². The summed E-state index contributed by atoms with van der Waals surface area (Å²) in [6, 6.07) is 24.3. The number of ether oxygens (including phenoxy) is 2. The van der Waals surface area contributed by atoms with Crippen molar-refractivity contribution in [3.05, 3.63) is 166 Å². The van der Waals surface area contributed by atoms with E-state index < -0.39 is 0 Å². The van der Waals surface area contributed by atoms with Crippen molar-refractivity contribution in [3.63, 3.8) is 0 Å². The zero-order valence-electron chi connectivity index (χ0n) is 36.0. The summed E-state index contributed by atoms with van der Waals surface area (Å²) in [5.41, 5.74) is 8.87. The quantitative estimate of drug-likeness (QED) is 0.128. The van der Waals surface area contributed by atoms with Gasteiger partial charge in [0.15, 0.2) is 0 Å². The summed E-state index contributed by atoms with van der Waals surface area (Å²) < 4.78 is 41.6. The Labute approximate surface area is 361 Å². The molecule has 2 aliphatic heterocycles. The number of aryl methyl sites for hydroxylation is 2. The molecule has 2 amide bonds. The maximum absolute atomic E-state index is 13.3. The third kappa shape index (κ3) is 9.86. The molecule has 10 nitrogen and oxygen atoms in total. The van der Waals surface area contributed by atoms with Gasteiger partial charge in [0.2, 0.25) is 11.8 Å². The first-order valence-electron chi connectivity index (χ1n) is 20.8. The van der Waals surface area contributed by atoms with Gasteiger partial charge in [0.25, 0.3) is 0 Å². The Balaban J connectivity index is 0.000000186. The first-order valence-corrected chi connectivity index (χ1v) is 20.8. The molecule has 6 aromatic rings. The van der Waals surface area contributed by atoms with E-state index in [1.54, 1.807) is 51.1 Å². The van der Waals surface area contributed by atoms with Gasteiger partial charge in [-0.2, -0.15) is 0 Å². The summed E-state index contributed by atoms with van der Waals surface area (Å²) in [6.07, 6.45) is 14.5. The number of carbonyl (C=O) groups is 2. The summed E-state index contributed by atoms with van der Waals surface area (Å²) in [4.78, 5) is 38.7. The van der Waals surface area contributed by atoms with E-state index in [1.807, 2.05) is 108 Å². The number of hydrogen-bond acceptors (Lipinski definition) is 6. The van der Waals surface area contributed by atoms with E-state index in [2.05, 4.69) is 9.97 Å². The minimum Gasteiger partial charge on any atom is -0.495 e. The van der Waals surface area contributed by atoms with Crippen LogP contribution >= 0.6 is 0 Å². The molecule has 2 aromatic heterocycles. The Morgan fingerprint density at radius 3 is 1.32 bits per heavy atom. The van der Waals surface area contributed by atoms with Crippen LogP contribution in [-0.2, 0) is 9.59 Å². The number of carbonyl (C=O) groups excluding carboxylic acids is 2. The summed E-state index contributed by atoms with van der Waals surface area (Å²) >= 11 is 0. The number of likely N-dealkylation sites (tertiary alicyclic amines) is 2. The lowest BCUT2D eigenvalue weighted by Crippen LogP contribution is -2.38. The van der Waals surface area contributed by atoms with E-state index in [9.17, 15) is 18.4 Å². The number of methoxy groups -OCH3 is 2. The Bertz CT molecular complexity index is 2420. The Kier molecular flexibility index (Phi) is 13.4. The topological polar surface area (TPSA) is 94.7 Å². The molecular formula is C50H52F2N6O4. The van der Waals surface area contributed by atoms with Gasteiger partial charge in [-0.3, -0.25) is 9.59 Å². The molecule has 0 spiro atoms. The van der Waals surface area contributed by atoms with Crippen LogP contribution in [0.1, 0.15) is 85.3 Å². The number of aromatic nitrogens is 4. The van der Waals surface area contributed by atoms with Gasteiger partial charge in [0.1, 0.15) is 23.1 Å². The predicted molar refractivity (Wildman–Crippen MR) is 237 cm³/mol. The highest BCUT2D eigenvalue weighted by atomic mass is 19.1. The lowest BCUT2D eigenvalue weighted by atomic mass is 9.97. The molecule has 2 atom stereocenters. The van der Waals surface area contributed by atoms with Gasteiger partial charge in [-0.15, -0.1) is 0 Å². The predicted octanol–water partition coefficient (Wildman–Crippen LogP) is 10.2. The normalized spacial score (nSPS) is 16.6. The van der Waals surface area contributed by atoms with Crippen LogP contribution in [-0.4, -0.2) is 68.0 Å². The molecule has 8 rings (SSSR count). The average molecular weight is 839 g/mol. The van der Waals surface area contributed by atoms with E-state index in [0.717, 1.165) is 81.8 Å². The Morgan fingerprint density at radius 1 is 0.597 bits per heavy atom. The van der Waals surface area contributed by atoms with Gasteiger partial charge in [-0.05, 0) is 136 Å². The fourth-order valence-electron chi connectivity index (χ4n) is 8.02. The maximum Gasteiger partial charge on any atom is 0.250 e. The number of piperidine rings is 2. The Hall–Kier alpha value is -6.82. The van der Waals surface area contributed by atoms with Crippen molar-refractivity contribution < 1.29 is 27.8 Å². The largest absolute Gasteiger partial charge is 0.495 e. The van der Waals surface area contributed by atoms with E-state index in [4.69, 9.17) is 9.47 Å². The SMILES string of the molecule is COc1cc(/C=C2\CCCN([C@@H](C)c3ccc(F)cc3)C2=O)ccc1-n1cnc(C)c1.COc1cc(/C=C2\CCCN([C@@H](C)c3ccc(F)cc3)C2=O)ccc1-n1cnc(C)c1. The zero-order chi connectivity index (χ0) is 43.9. The van der Waals surface area contributed by atoms with Gasteiger partial charge < -0.3 is 28.4 Å². The minimum absolute atomic E-state index is 0.0244. The number of hydrogen-bond donors (Lipinski definition) is 0. The van der Waals surface area contributed by atoms with Crippen molar-refractivity contribution in [1.29, 1.82) is 0 Å². The molecule has 2 aliphatic rings. The number of benzene rings is 4. The second-order valence-electron chi connectivity index (χ2n) is 15.7. The van der Waals surface area contributed by atoms with Crippen LogP contribution in [0.3, 0.4) is 0 Å². The van der Waals surface area contributed by atoms with E-state index >= 15 is 0 Å². The summed E-state index contributed by atoms with van der Waals surface area (Å²) in [6.45, 7) is 9.23. The van der Waals surface area contributed by atoms with Gasteiger partial charge in [0, 0.05) is 36.6 Å². The van der Waals surface area contributed by atoms with Crippen molar-refractivity contribution in [1.82, 2.24) is 28.9 Å². The smallest absolute Gasteiger partial charge is 0.250 e. The van der Waals surface area contributed by atoms with Crippen molar-refractivity contribution in [2.24, 2.45) is 0 Å². The molecule has 4 heterocycles. The molecule has 12 heteroatoms. The Morgan fingerprint density at radius 2 is 0.984 bits per heavy atom. The van der Waals surface area contributed by atoms with Crippen LogP contribution in [0.25, 0.3) is 23.5 Å². The molecule has 4 aromatic carbocycles. The number of nitrogens with zero attached hydrogens (tertiary/aromatic N) is 6. The van der Waals surface area contributed by atoms with Crippen molar-refractivity contribution in [3.8, 4) is 22.9 Å². The molecule has 320 valence electrons. The van der Waals surface area contributed by atoms with E-state index in [-0.39, 0.29) is 35.5 Å². The molecule has 0 bridgehead atoms. The van der Waals surface area contributed by atoms with E-state index in [0.29, 0.717) is 24.6 Å². The van der Waals surface area contributed by atoms with Gasteiger partial charge in [0.05, 0.1) is 61.7 Å². The first kappa shape index (κ1) is 43.3. The zero-order valence-corrected chi connectivity index (χ0v) is 36.0. The molecule has 2 fully saturated rings. The molecule has 0 saturated carbocycles. The first-order chi connectivity index (χ1) is 29.9. The van der Waals surface area contributed by atoms with Crippen LogP contribution in [0.15, 0.2) is 121 Å². The van der Waals surface area contributed by atoms with Crippen molar-refractivity contribution >= 4 is 24.0 Å². The second-order valence-corrected chi connectivity index (χ2v) is 15.7. The fourth-order valence-corrected chi connectivity index (χ4v) is 8.02. The number of rotatable bonds is 10. The molecule has 2 saturated heterocycles. The minimum atomic E-state index is -0.273. The number of halogens is 2. The summed E-state index contributed by atoms with van der Waals surface area (Å²) in [5.74, 6) is 0.931. The molecule has 62 heavy (non-hydrogen) atoms. The van der Waals surface area contributed by atoms with Crippen molar-refractivity contribution in [2.45, 2.75) is 65.5 Å². The fraction of sp³-hybridized carbons (Fsp3) is 0.280. The van der Waals surface area contributed by atoms with Crippen LogP contribution in [0.5, 0.6) is 11.5 Å². The molecule has 0 unspecified atom stereocenters. The van der Waals surface area contributed by atoms with Crippen LogP contribution in [0, 0.1) is 25.5 Å². The summed E-state index contributed by atoms with van der Waals surface area (Å²) in [7, 11) is 3.27.